The molecule has 0 atom stereocenters. The van der Waals surface area contributed by atoms with Crippen molar-refractivity contribution in [2.75, 3.05) is 0 Å². The van der Waals surface area contributed by atoms with Crippen molar-refractivity contribution in [1.29, 1.82) is 0 Å². The molecule has 12 heavy (non-hydrogen) atoms. The van der Waals surface area contributed by atoms with Crippen LogP contribution in [0.25, 0.3) is 0 Å². The van der Waals surface area contributed by atoms with E-state index in [-0.39, 0.29) is 31.6 Å². The first-order valence-corrected chi connectivity index (χ1v) is 2.99. The van der Waals surface area contributed by atoms with E-state index in [1.165, 1.54) is 13.8 Å². The van der Waals surface area contributed by atoms with Crippen LogP contribution in [0.4, 0.5) is 0 Å². The van der Waals surface area contributed by atoms with Crippen LogP contribution in [0.5, 0.6) is 0 Å². The molecule has 0 aromatic rings. The third-order valence-electron chi connectivity index (χ3n) is 0.407. The fourth-order valence-electron chi connectivity index (χ4n) is 0.286. The summed E-state index contributed by atoms with van der Waals surface area (Å²) in [6.45, 7) is 14.7. The zero-order valence-electron chi connectivity index (χ0n) is 7.56. The van der Waals surface area contributed by atoms with E-state index >= 15 is 0 Å². The van der Waals surface area contributed by atoms with Crippen LogP contribution in [0, 0.1) is 27.7 Å². The fourth-order valence-corrected chi connectivity index (χ4v) is 0.286. The molecule has 0 N–H and O–H groups in total. The van der Waals surface area contributed by atoms with E-state index in [4.69, 9.17) is 0 Å². The van der Waals surface area contributed by atoms with E-state index in [2.05, 4.69) is 27.7 Å². The summed E-state index contributed by atoms with van der Waals surface area (Å²) in [7, 11) is 0. The van der Waals surface area contributed by atoms with Crippen molar-refractivity contribution in [1.82, 2.24) is 0 Å². The Morgan fingerprint density at radius 1 is 1.17 bits per heavy atom. The van der Waals surface area contributed by atoms with Gasteiger partial charge in [0.15, 0.2) is 5.78 Å². The molecule has 0 aliphatic rings. The molecule has 0 aliphatic heterocycles. The number of allylic oxidation sites excluding steroid dienone is 2. The average Bonchev–Trinajstić information content (AvgIpc) is 1.93. The van der Waals surface area contributed by atoms with Crippen molar-refractivity contribution in [3.05, 3.63) is 39.5 Å². The second-order valence-corrected chi connectivity index (χ2v) is 1.37. The summed E-state index contributed by atoms with van der Waals surface area (Å²) in [5.74, 6) is -0.375. The number of hydrogen-bond acceptors (Lipinski definition) is 2. The minimum atomic E-state index is -0.187. The van der Waals surface area contributed by atoms with Crippen molar-refractivity contribution in [3.8, 4) is 0 Å². The SMILES string of the molecule is CC(=O)/C=C(/C)[O-].[CH2][CH2].[CH2][CH2].[Ir]. The molecule has 0 fully saturated rings. The van der Waals surface area contributed by atoms with Gasteiger partial charge in [-0.15, -0.1) is 5.76 Å². The van der Waals surface area contributed by atoms with Crippen molar-refractivity contribution in [2.24, 2.45) is 0 Å². The number of carbonyl (C=O) groups is 1. The molecule has 0 aromatic heterocycles. The minimum absolute atomic E-state index is 0. The van der Waals surface area contributed by atoms with Crippen LogP contribution in [0.2, 0.25) is 0 Å². The first-order valence-electron chi connectivity index (χ1n) is 2.99. The summed E-state index contributed by atoms with van der Waals surface area (Å²) in [6.07, 6.45) is 1.06. The first kappa shape index (κ1) is 22.6. The van der Waals surface area contributed by atoms with Gasteiger partial charge >= 0.3 is 0 Å². The second-order valence-electron chi connectivity index (χ2n) is 1.37. The third kappa shape index (κ3) is 52.0. The Labute approximate surface area is 89.4 Å². The zero-order valence-corrected chi connectivity index (χ0v) is 9.95. The topological polar surface area (TPSA) is 40.1 Å². The van der Waals surface area contributed by atoms with Crippen LogP contribution in [-0.4, -0.2) is 5.78 Å². The number of hydrogen-bond donors (Lipinski definition) is 0. The van der Waals surface area contributed by atoms with Crippen LogP contribution in [0.15, 0.2) is 11.8 Å². The Morgan fingerprint density at radius 2 is 1.42 bits per heavy atom. The average molecular weight is 347 g/mol. The molecule has 5 radical (unpaired) electrons. The van der Waals surface area contributed by atoms with Gasteiger partial charge in [0.1, 0.15) is 0 Å². The normalized spacial score (nSPS) is 7.67. The van der Waals surface area contributed by atoms with Crippen LogP contribution in [0.1, 0.15) is 13.8 Å². The molecule has 0 aliphatic carbocycles. The number of rotatable bonds is 1. The van der Waals surface area contributed by atoms with Gasteiger partial charge in [0, 0.05) is 20.1 Å². The van der Waals surface area contributed by atoms with Crippen molar-refractivity contribution < 1.29 is 30.0 Å². The van der Waals surface area contributed by atoms with Gasteiger partial charge in [0.2, 0.25) is 0 Å². The maximum atomic E-state index is 9.98. The Balaban J connectivity index is -0.0000000560. The van der Waals surface area contributed by atoms with Gasteiger partial charge in [0.05, 0.1) is 0 Å². The molecular formula is C9H15IrO2-. The quantitative estimate of drug-likeness (QED) is 0.527. The predicted molar refractivity (Wildman–Crippen MR) is 45.9 cm³/mol. The van der Waals surface area contributed by atoms with Crippen LogP contribution >= 0.6 is 0 Å². The van der Waals surface area contributed by atoms with Crippen LogP contribution < -0.4 is 5.11 Å². The summed E-state index contributed by atoms with van der Waals surface area (Å²) in [4.78, 5) is 9.98. The fraction of sp³-hybridized carbons (Fsp3) is 0.222. The van der Waals surface area contributed by atoms with E-state index in [0.717, 1.165) is 6.08 Å². The summed E-state index contributed by atoms with van der Waals surface area (Å²) in [6, 6.07) is 0. The van der Waals surface area contributed by atoms with E-state index in [9.17, 15) is 9.90 Å². The molecule has 0 amide bonds. The molecule has 73 valence electrons. The van der Waals surface area contributed by atoms with Gasteiger partial charge in [-0.2, -0.15) is 0 Å². The maximum Gasteiger partial charge on any atom is 0.151 e. The Morgan fingerprint density at radius 3 is 1.42 bits per heavy atom. The van der Waals surface area contributed by atoms with Gasteiger partial charge in [0.25, 0.3) is 0 Å². The molecule has 0 rings (SSSR count). The molecule has 3 heteroatoms. The largest absolute Gasteiger partial charge is 0.876 e. The van der Waals surface area contributed by atoms with Gasteiger partial charge in [-0.25, -0.2) is 0 Å². The molecule has 0 saturated heterocycles. The third-order valence-corrected chi connectivity index (χ3v) is 0.407. The summed E-state index contributed by atoms with van der Waals surface area (Å²) in [5, 5.41) is 9.98. The predicted octanol–water partition coefficient (Wildman–Crippen LogP) is 1.15. The Bertz CT molecular complexity index is 105. The maximum absolute atomic E-state index is 9.98. The summed E-state index contributed by atoms with van der Waals surface area (Å²) >= 11 is 0. The van der Waals surface area contributed by atoms with E-state index in [1.807, 2.05) is 0 Å². The molecular weight excluding hydrogens is 332 g/mol. The van der Waals surface area contributed by atoms with E-state index in [0.29, 0.717) is 0 Å². The monoisotopic (exact) mass is 348 g/mol. The standard InChI is InChI=1S/C5H8O2.2C2H4.Ir/c1-4(6)3-5(2)7;2*1-2;/h3,6H,1-2H3;2*1-2H2;/p-1/b4-3-;;;. The Kier molecular flexibility index (Phi) is 42.3. The van der Waals surface area contributed by atoms with E-state index < -0.39 is 0 Å². The first-order chi connectivity index (χ1) is 5.13. The molecule has 0 aromatic carbocycles. The molecule has 2 nitrogen and oxygen atoms in total. The summed E-state index contributed by atoms with van der Waals surface area (Å²) < 4.78 is 0. The molecule has 0 spiro atoms. The second kappa shape index (κ2) is 22.4. The van der Waals surface area contributed by atoms with Crippen molar-refractivity contribution >= 4 is 5.78 Å². The number of ketones is 1. The van der Waals surface area contributed by atoms with Gasteiger partial charge in [-0.1, -0.05) is 34.6 Å². The van der Waals surface area contributed by atoms with Gasteiger partial charge in [-0.05, 0) is 13.0 Å². The number of carbonyl (C=O) groups excluding carboxylic acids is 1. The van der Waals surface area contributed by atoms with Crippen molar-refractivity contribution in [3.63, 3.8) is 0 Å². The summed E-state index contributed by atoms with van der Waals surface area (Å²) in [5.41, 5.74) is 0. The molecule has 0 saturated carbocycles. The van der Waals surface area contributed by atoms with E-state index in [1.54, 1.807) is 0 Å². The zero-order chi connectivity index (χ0) is 9.86. The molecule has 0 bridgehead atoms. The Hall–Kier alpha value is -0.141. The minimum Gasteiger partial charge on any atom is -0.876 e. The van der Waals surface area contributed by atoms with Crippen LogP contribution in [-0.2, 0) is 24.9 Å². The van der Waals surface area contributed by atoms with Crippen LogP contribution in [0.3, 0.4) is 0 Å². The smallest absolute Gasteiger partial charge is 0.151 e. The van der Waals surface area contributed by atoms with Crippen molar-refractivity contribution in [2.45, 2.75) is 13.8 Å². The molecule has 0 heterocycles. The molecule has 0 unspecified atom stereocenters. The van der Waals surface area contributed by atoms with Gasteiger partial charge in [-0.3, -0.25) is 4.79 Å². The van der Waals surface area contributed by atoms with Gasteiger partial charge < -0.3 is 5.11 Å².